The third kappa shape index (κ3) is 19.2. The number of hydrogen-bond donors (Lipinski definition) is 0. The van der Waals surface area contributed by atoms with Crippen molar-refractivity contribution in [1.82, 2.24) is 0 Å². The first-order valence-corrected chi connectivity index (χ1v) is 53.5. The molecule has 0 aliphatic carbocycles. The van der Waals surface area contributed by atoms with Crippen LogP contribution in [0.1, 0.15) is 162 Å². The highest BCUT2D eigenvalue weighted by Gasteiger charge is 2.34. The topological polar surface area (TPSA) is 13.0 Å². The van der Waals surface area contributed by atoms with Crippen LogP contribution in [-0.2, 0) is 10.8 Å². The summed E-state index contributed by atoms with van der Waals surface area (Å²) in [5.41, 5.74) is 49.9. The summed E-state index contributed by atoms with van der Waals surface area (Å²) < 4.78 is 0. The van der Waals surface area contributed by atoms with Crippen molar-refractivity contribution in [1.29, 1.82) is 0 Å². The van der Waals surface area contributed by atoms with Gasteiger partial charge in [-0.15, -0.1) is 0 Å². The zero-order chi connectivity index (χ0) is 102. The molecular weight excluding hydrogens is 1810 g/mol. The number of nitrogens with zero attached hydrogens (tertiary/aromatic N) is 4. The quantitative estimate of drug-likeness (QED) is 0.0794. The maximum absolute atomic E-state index is 2.47. The Kier molecular flexibility index (Phi) is 27.8. The van der Waals surface area contributed by atoms with Crippen LogP contribution in [0.4, 0.5) is 68.2 Å². The van der Waals surface area contributed by atoms with Crippen LogP contribution in [0.5, 0.6) is 0 Å². The number of fused-ring (bicyclic) bond motifs is 22. The predicted octanol–water partition coefficient (Wildman–Crippen LogP) is 41.9. The highest BCUT2D eigenvalue weighted by Crippen LogP contribution is 2.58. The Labute approximate surface area is 887 Å². The van der Waals surface area contributed by atoms with Crippen molar-refractivity contribution in [3.05, 3.63) is 565 Å². The van der Waals surface area contributed by atoms with Crippen LogP contribution in [0.25, 0.3) is 123 Å². The first-order chi connectivity index (χ1) is 73.6. The maximum atomic E-state index is 2.47. The molecule has 4 nitrogen and oxygen atoms in total. The standard InChI is InChI=1S/C57H47N.C32H27N.C29H27N.C28H25N/c1-4-57(2,3)47-31-33-48(34-32-47)58-55-35-29-41(37-51(43-19-9-5-10-20-43)44-21-11-6-12-22-44)39-53(55)49-27-17-18-28-50(49)54-40-42(30-36-56(54)58)38-52(45-23-13-7-14-24-45)46-25-15-8-16-26-46;1-3-22(2)24-12-10-13-25(21-24)33-30-17-8-6-15-27(30)28-20-19-23-11-4-5-14-26(23)32(28)29-16-7-9-18-31(29)33;1-4-29(2,3)21-12-11-13-22(20-21)30-27-18-9-7-16-25(27)23-14-5-6-15-24(23)26-17-8-10-19-28(26)30;1-3-20(2)21-11-10-12-22(19-21)29-27-17-8-6-15-25(27)23-13-4-5-14-24(23)26-16-7-9-18-28(26)29/h5-40H,4H2,1-3H3;4-22H,3H2,1-2H3;5-20H,4H2,1-3H3;4-20H,3H2,1-2H3. The normalized spacial score (nSPS) is 12.5. The van der Waals surface area contributed by atoms with E-state index in [0.717, 1.165) is 53.9 Å². The molecule has 21 aromatic rings. The van der Waals surface area contributed by atoms with Crippen LogP contribution in [0.3, 0.4) is 0 Å². The average molecular weight is 1940 g/mol. The molecule has 0 amide bonds. The number of anilines is 12. The molecule has 21 aromatic carbocycles. The average Bonchev–Trinajstić information content (AvgIpc) is 1.97. The van der Waals surface area contributed by atoms with Gasteiger partial charge in [-0.2, -0.15) is 0 Å². The molecule has 4 heteroatoms. The zero-order valence-corrected chi connectivity index (χ0v) is 87.4. The van der Waals surface area contributed by atoms with Crippen LogP contribution >= 0.6 is 0 Å². The lowest BCUT2D eigenvalue weighted by Gasteiger charge is -2.30. The molecule has 2 atom stereocenters. The fraction of sp³-hybridized carbons (Fsp3) is 0.123. The fourth-order valence-electron chi connectivity index (χ4n) is 22.2. The maximum Gasteiger partial charge on any atom is 0.0540 e. The molecule has 4 aliphatic rings. The Morgan fingerprint density at radius 1 is 0.213 bits per heavy atom. The Hall–Kier alpha value is -17.4. The first-order valence-electron chi connectivity index (χ1n) is 53.5. The smallest absolute Gasteiger partial charge is 0.0540 e. The lowest BCUT2D eigenvalue weighted by molar-refractivity contribution is 0.506. The zero-order valence-electron chi connectivity index (χ0n) is 87.4. The second-order valence-electron chi connectivity index (χ2n) is 41.3. The van der Waals surface area contributed by atoms with E-state index in [2.05, 4.69) is 611 Å². The van der Waals surface area contributed by atoms with Crippen LogP contribution in [0, 0.1) is 0 Å². The summed E-state index contributed by atoms with van der Waals surface area (Å²) in [6.07, 6.45) is 9.14. The van der Waals surface area contributed by atoms with Gasteiger partial charge in [0, 0.05) is 67.3 Å². The summed E-state index contributed by atoms with van der Waals surface area (Å²) in [7, 11) is 0. The van der Waals surface area contributed by atoms with Crippen LogP contribution in [-0.4, -0.2) is 0 Å². The number of para-hydroxylation sites is 6. The van der Waals surface area contributed by atoms with Gasteiger partial charge in [0.25, 0.3) is 0 Å². The van der Waals surface area contributed by atoms with E-state index in [1.54, 1.807) is 0 Å². The highest BCUT2D eigenvalue weighted by atomic mass is 15.2. The van der Waals surface area contributed by atoms with Gasteiger partial charge in [0.1, 0.15) is 0 Å². The van der Waals surface area contributed by atoms with E-state index in [9.17, 15) is 0 Å². The molecule has 0 spiro atoms. The van der Waals surface area contributed by atoms with E-state index in [4.69, 9.17) is 0 Å². The minimum atomic E-state index is 0.0935. The van der Waals surface area contributed by atoms with Gasteiger partial charge >= 0.3 is 0 Å². The minimum Gasteiger partial charge on any atom is -0.309 e. The Balaban J connectivity index is 0.000000119. The van der Waals surface area contributed by atoms with Gasteiger partial charge < -0.3 is 19.6 Å². The number of rotatable bonds is 18. The second-order valence-corrected chi connectivity index (χ2v) is 41.3. The van der Waals surface area contributed by atoms with Crippen molar-refractivity contribution in [2.45, 2.75) is 118 Å². The summed E-state index contributed by atoms with van der Waals surface area (Å²) in [4.78, 5) is 9.78. The van der Waals surface area contributed by atoms with Crippen LogP contribution in [0.15, 0.2) is 510 Å². The van der Waals surface area contributed by atoms with Crippen molar-refractivity contribution in [2.24, 2.45) is 0 Å². The van der Waals surface area contributed by atoms with Gasteiger partial charge in [-0.05, 0) is 292 Å². The molecule has 0 saturated heterocycles. The molecule has 0 radical (unpaired) electrons. The lowest BCUT2D eigenvalue weighted by Crippen LogP contribution is -2.17. The molecular formula is C146H126N4. The van der Waals surface area contributed by atoms with Crippen LogP contribution in [0.2, 0.25) is 0 Å². The summed E-state index contributed by atoms with van der Waals surface area (Å²) in [5, 5.41) is 2.57. The van der Waals surface area contributed by atoms with E-state index in [1.807, 2.05) is 0 Å². The van der Waals surface area contributed by atoms with E-state index >= 15 is 0 Å². The van der Waals surface area contributed by atoms with E-state index in [0.29, 0.717) is 11.8 Å². The monoisotopic (exact) mass is 1930 g/mol. The van der Waals surface area contributed by atoms with Gasteiger partial charge in [0.05, 0.1) is 45.5 Å². The predicted molar refractivity (Wildman–Crippen MR) is 643 cm³/mol. The number of benzene rings is 21. The Bertz CT molecular complexity index is 8160. The Morgan fingerprint density at radius 2 is 0.500 bits per heavy atom. The van der Waals surface area contributed by atoms with Crippen LogP contribution < -0.4 is 19.6 Å². The molecule has 0 bridgehead atoms. The summed E-state index contributed by atoms with van der Waals surface area (Å²) in [6.45, 7) is 23.0. The molecule has 150 heavy (non-hydrogen) atoms. The minimum absolute atomic E-state index is 0.0935. The SMILES string of the molecule is CCC(C)(C)c1ccc(N2c3ccc(C=C(c4ccccc4)c4ccccc4)cc3-c3ccccc3-c3cc(C=C(c4ccccc4)c4ccccc4)ccc32)cc1.CCC(C)(C)c1cccc(N2c3ccccc3-c3ccccc3-c3ccccc32)c1.CCC(C)c1cccc(N2c3ccccc3-c3ccc4ccccc4c3-c3ccccc32)c1.CCC(C)c1cccc(N2c3ccccc3-c3ccccc3-c3ccccc32)c1. The van der Waals surface area contributed by atoms with Crippen molar-refractivity contribution in [3.8, 4) is 89.0 Å². The molecule has 0 saturated carbocycles. The molecule has 0 aromatic heterocycles. The molecule has 4 aliphatic heterocycles. The molecule has 4 heterocycles. The van der Waals surface area contributed by atoms with Gasteiger partial charge in [-0.3, -0.25) is 0 Å². The van der Waals surface area contributed by atoms with Gasteiger partial charge in [-0.25, -0.2) is 0 Å². The van der Waals surface area contributed by atoms with Crippen molar-refractivity contribution in [2.75, 3.05) is 19.6 Å². The third-order valence-corrected chi connectivity index (χ3v) is 31.5. The highest BCUT2D eigenvalue weighted by molar-refractivity contribution is 6.13. The lowest BCUT2D eigenvalue weighted by atomic mass is 9.82. The van der Waals surface area contributed by atoms with Gasteiger partial charge in [0.15, 0.2) is 0 Å². The van der Waals surface area contributed by atoms with Crippen molar-refractivity contribution in [3.63, 3.8) is 0 Å². The molecule has 2 unspecified atom stereocenters. The van der Waals surface area contributed by atoms with Crippen molar-refractivity contribution < 1.29 is 0 Å². The second kappa shape index (κ2) is 42.9. The third-order valence-electron chi connectivity index (χ3n) is 31.5. The molecule has 730 valence electrons. The van der Waals surface area contributed by atoms with E-state index < -0.39 is 0 Å². The largest absolute Gasteiger partial charge is 0.309 e. The first kappa shape index (κ1) is 97.3. The molecule has 0 fully saturated rings. The summed E-state index contributed by atoms with van der Waals surface area (Å²) in [6, 6.07) is 186. The summed E-state index contributed by atoms with van der Waals surface area (Å²) >= 11 is 0. The summed E-state index contributed by atoms with van der Waals surface area (Å²) in [5.74, 6) is 1.08. The van der Waals surface area contributed by atoms with E-state index in [-0.39, 0.29) is 10.8 Å². The van der Waals surface area contributed by atoms with Gasteiger partial charge in [0.2, 0.25) is 0 Å². The molecule has 25 rings (SSSR count). The molecule has 0 N–H and O–H groups in total. The fourth-order valence-corrected chi connectivity index (χ4v) is 22.2. The number of hydrogen-bond acceptors (Lipinski definition) is 4. The van der Waals surface area contributed by atoms with Gasteiger partial charge in [-0.1, -0.05) is 470 Å². The Morgan fingerprint density at radius 3 is 0.867 bits per heavy atom. The van der Waals surface area contributed by atoms with E-state index in [1.165, 1.54) is 207 Å². The van der Waals surface area contributed by atoms with Crippen molar-refractivity contribution >= 4 is 102 Å².